The highest BCUT2D eigenvalue weighted by atomic mass is 15.0. The zero-order valence-corrected chi connectivity index (χ0v) is 73.3. The zero-order chi connectivity index (χ0) is 81.9. The van der Waals surface area contributed by atoms with Crippen molar-refractivity contribution in [2.75, 3.05) is 0 Å². The highest BCUT2D eigenvalue weighted by Crippen LogP contribution is 2.34. The van der Waals surface area contributed by atoms with Crippen molar-refractivity contribution in [3.8, 4) is 56.3 Å². The second-order valence-electron chi connectivity index (χ2n) is 34.7. The Labute approximate surface area is 684 Å². The van der Waals surface area contributed by atoms with E-state index in [9.17, 15) is 0 Å². The fourth-order valence-electron chi connectivity index (χ4n) is 16.9. The maximum absolute atomic E-state index is 2.41. The SMILES string of the molecule is Cc1cc(C)c(C)c(-c2cc(CC(C)C)c3ccccc3[n+]2C)c1.Cc1ccc(C)c(-c2cc(CC(C)C)c3ccccc3[n+]2C)c1.Cc1ccc(C)c(-c2ccc3c(CC(C)C)cccc3[n+]2C)c1.Cc1ccccc1-c1cc(CC(C)C)c2ccccc2[n+]1C.Cc1ccccc1-c1ccc2c(CC(C)C)cccc2[n+]1C. The molecule has 0 aliphatic rings. The molecule has 0 spiro atoms. The van der Waals surface area contributed by atoms with Gasteiger partial charge in [0.25, 0.3) is 0 Å². The summed E-state index contributed by atoms with van der Waals surface area (Å²) in [5.74, 6) is 3.30. The van der Waals surface area contributed by atoms with Crippen LogP contribution in [0.4, 0.5) is 0 Å². The molecule has 15 rings (SSSR count). The molecule has 5 heteroatoms. The molecular weight excluding hydrogens is 1380 g/mol. The van der Waals surface area contributed by atoms with Gasteiger partial charge in [-0.15, -0.1) is 0 Å². The number of aromatic nitrogens is 5. The molecule has 0 saturated heterocycles. The van der Waals surface area contributed by atoms with Crippen LogP contribution in [0, 0.1) is 91.9 Å². The highest BCUT2D eigenvalue weighted by molar-refractivity contribution is 5.86. The fraction of sp³-hybridized carbons (Fsp3) is 0.312. The number of aryl methyl sites for hydroxylation is 13. The number of para-hydroxylation sites is 3. The summed E-state index contributed by atoms with van der Waals surface area (Å²) in [5, 5.41) is 6.86. The lowest BCUT2D eigenvalue weighted by Crippen LogP contribution is -2.33. The van der Waals surface area contributed by atoms with Crippen molar-refractivity contribution in [3.05, 3.63) is 327 Å². The zero-order valence-electron chi connectivity index (χ0n) is 73.3. The van der Waals surface area contributed by atoms with Gasteiger partial charge in [0.05, 0.1) is 0 Å². The van der Waals surface area contributed by atoms with Crippen LogP contribution in [0.15, 0.2) is 249 Å². The predicted octanol–water partition coefficient (Wildman–Crippen LogP) is 25.4. The molecule has 15 aromatic rings. The summed E-state index contributed by atoms with van der Waals surface area (Å²) in [6.07, 6.45) is 5.58. The van der Waals surface area contributed by atoms with E-state index < -0.39 is 0 Å². The van der Waals surface area contributed by atoms with Crippen molar-refractivity contribution in [1.29, 1.82) is 0 Å². The van der Waals surface area contributed by atoms with Crippen molar-refractivity contribution >= 4 is 54.5 Å². The molecule has 0 radical (unpaired) electrons. The normalized spacial score (nSPS) is 11.4. The number of nitrogens with zero attached hydrogens (tertiary/aromatic N) is 5. The Kier molecular flexibility index (Phi) is 27.7. The van der Waals surface area contributed by atoms with E-state index in [1.54, 1.807) is 0 Å². The van der Waals surface area contributed by atoms with Crippen LogP contribution in [-0.4, -0.2) is 0 Å². The Hall–Kier alpha value is -10.8. The molecule has 0 bridgehead atoms. The van der Waals surface area contributed by atoms with Crippen LogP contribution in [0.25, 0.3) is 111 Å². The first kappa shape index (κ1) is 84.2. The molecule has 0 N–H and O–H groups in total. The minimum atomic E-state index is 0.648. The highest BCUT2D eigenvalue weighted by Gasteiger charge is 2.26. The van der Waals surface area contributed by atoms with E-state index in [-0.39, 0.29) is 0 Å². The quantitative estimate of drug-likeness (QED) is 0.0912. The second kappa shape index (κ2) is 37.5. The van der Waals surface area contributed by atoms with Gasteiger partial charge in [0, 0.05) is 115 Å². The monoisotopic (exact) mass is 1510 g/mol. The summed E-state index contributed by atoms with van der Waals surface area (Å²) in [7, 11) is 10.9. The molecule has 0 aliphatic carbocycles. The van der Waals surface area contributed by atoms with Gasteiger partial charge in [-0.05, 0) is 246 Å². The molecule has 0 atom stereocenters. The first-order valence-electron chi connectivity index (χ1n) is 41.9. The molecule has 5 nitrogen and oxygen atoms in total. The molecule has 0 fully saturated rings. The van der Waals surface area contributed by atoms with Crippen LogP contribution in [0.2, 0.25) is 0 Å². The van der Waals surface area contributed by atoms with Crippen LogP contribution in [0.5, 0.6) is 0 Å². The van der Waals surface area contributed by atoms with Crippen LogP contribution < -0.4 is 22.8 Å². The largest absolute Gasteiger partial charge is 0.213 e. The smallest absolute Gasteiger partial charge is 0.194 e. The number of fused-ring (bicyclic) bond motifs is 5. The number of hydrogen-bond acceptors (Lipinski definition) is 0. The third kappa shape index (κ3) is 19.5. The van der Waals surface area contributed by atoms with E-state index in [0.29, 0.717) is 29.6 Å². The number of hydrogen-bond donors (Lipinski definition) is 0. The van der Waals surface area contributed by atoms with Crippen molar-refractivity contribution in [2.45, 2.75) is 164 Å². The van der Waals surface area contributed by atoms with Gasteiger partial charge in [0.15, 0.2) is 0 Å². The van der Waals surface area contributed by atoms with Gasteiger partial charge in [0.2, 0.25) is 56.1 Å². The topological polar surface area (TPSA) is 19.4 Å². The number of benzene rings is 10. The average molecular weight is 1510 g/mol. The Morgan fingerprint density at radius 2 is 0.474 bits per heavy atom. The molecule has 10 aromatic carbocycles. The van der Waals surface area contributed by atoms with Crippen molar-refractivity contribution in [3.63, 3.8) is 0 Å². The maximum Gasteiger partial charge on any atom is 0.213 e. The summed E-state index contributed by atoms with van der Waals surface area (Å²) >= 11 is 0. The van der Waals surface area contributed by atoms with E-state index in [4.69, 9.17) is 0 Å². The standard InChI is InChI=1S/C23H28N.2C22H26N.2C21H24N/c1-15(2)11-19-14-23(21-13-16(3)12-17(4)18(21)5)24(6)22-10-8-7-9-20(19)22;1-15(2)13-18-7-6-8-21-19(18)11-12-22(23(21)5)20-14-16(3)9-10-17(20)4;1-15(2)12-18-14-22(20-13-16(3)10-11-17(20)4)23(5)21-9-7-6-8-19(18)21;1-15(2)13-17-14-21(18-10-6-5-9-16(18)3)22(4)20-12-8-7-11-19(17)20;1-15(2)14-17-9-7-11-20-19(17)12-13-21(22(20)4)18-10-6-5-8-16(18)3/h7-10,12-15H,11H2,1-6H3;6-12,14-15H,13H2,1-5H3;6-11,13-15H,12H2,1-5H3;5-12,14-15H,13H2,1-4H3;5-13,15H,14H2,1-4H3/q5*+1. The Bertz CT molecular complexity index is 5900. The van der Waals surface area contributed by atoms with Crippen LogP contribution in [0.3, 0.4) is 0 Å². The molecule has 5 heterocycles. The predicted molar refractivity (Wildman–Crippen MR) is 488 cm³/mol. The van der Waals surface area contributed by atoms with Gasteiger partial charge < -0.3 is 0 Å². The van der Waals surface area contributed by atoms with Crippen LogP contribution >= 0.6 is 0 Å². The minimum absolute atomic E-state index is 0.648. The van der Waals surface area contributed by atoms with Gasteiger partial charge in [-0.2, -0.15) is 22.8 Å². The summed E-state index contributed by atoms with van der Waals surface area (Å²) in [6.45, 7) is 42.6. The first-order chi connectivity index (χ1) is 54.5. The molecule has 584 valence electrons. The van der Waals surface area contributed by atoms with Crippen LogP contribution in [0.1, 0.15) is 147 Å². The molecule has 0 amide bonds. The molecule has 114 heavy (non-hydrogen) atoms. The minimum Gasteiger partial charge on any atom is -0.194 e. The summed E-state index contributed by atoms with van der Waals surface area (Å²) < 4.78 is 11.7. The van der Waals surface area contributed by atoms with Gasteiger partial charge in [0.1, 0.15) is 35.2 Å². The Balaban J connectivity index is 0.000000141. The Morgan fingerprint density at radius 1 is 0.202 bits per heavy atom. The van der Waals surface area contributed by atoms with Gasteiger partial charge in [-0.1, -0.05) is 213 Å². The fourth-order valence-corrected chi connectivity index (χ4v) is 16.9. The van der Waals surface area contributed by atoms with E-state index >= 15 is 0 Å². The maximum atomic E-state index is 2.41. The molecule has 0 unspecified atom stereocenters. The van der Waals surface area contributed by atoms with E-state index in [0.717, 1.165) is 32.1 Å². The number of pyridine rings is 5. The summed E-state index contributed by atoms with van der Waals surface area (Å²) in [5.41, 5.74) is 38.8. The van der Waals surface area contributed by atoms with Gasteiger partial charge >= 0.3 is 0 Å². The number of rotatable bonds is 15. The lowest BCUT2D eigenvalue weighted by molar-refractivity contribution is -0.633. The van der Waals surface area contributed by atoms with E-state index in [2.05, 4.69) is 438 Å². The van der Waals surface area contributed by atoms with Gasteiger partial charge in [-0.3, -0.25) is 0 Å². The first-order valence-corrected chi connectivity index (χ1v) is 41.9. The molecular formula is C109H128N5+5. The third-order valence-electron chi connectivity index (χ3n) is 22.9. The van der Waals surface area contributed by atoms with Gasteiger partial charge in [-0.25, -0.2) is 0 Å². The average Bonchev–Trinajstić information content (AvgIpc) is 0.767. The third-order valence-corrected chi connectivity index (χ3v) is 22.9. The Morgan fingerprint density at radius 3 is 0.851 bits per heavy atom. The van der Waals surface area contributed by atoms with E-state index in [1.807, 2.05) is 0 Å². The lowest BCUT2D eigenvalue weighted by atomic mass is 9.93. The molecule has 5 aromatic heterocycles. The molecule has 0 aliphatic heterocycles. The molecule has 0 saturated carbocycles. The summed E-state index contributed by atoms with van der Waals surface area (Å²) in [6, 6.07) is 91.1. The van der Waals surface area contributed by atoms with Crippen molar-refractivity contribution in [2.24, 2.45) is 64.8 Å². The lowest BCUT2D eigenvalue weighted by Gasteiger charge is -2.14. The second-order valence-corrected chi connectivity index (χ2v) is 34.7. The van der Waals surface area contributed by atoms with Crippen molar-refractivity contribution < 1.29 is 22.8 Å². The van der Waals surface area contributed by atoms with Crippen LogP contribution in [-0.2, 0) is 67.3 Å². The van der Waals surface area contributed by atoms with E-state index in [1.165, 1.54) is 189 Å². The van der Waals surface area contributed by atoms with Crippen molar-refractivity contribution in [1.82, 2.24) is 0 Å². The summed E-state index contributed by atoms with van der Waals surface area (Å²) in [4.78, 5) is 0.